The van der Waals surface area contributed by atoms with Crippen molar-refractivity contribution in [1.29, 1.82) is 0 Å². The fourth-order valence-electron chi connectivity index (χ4n) is 2.14. The van der Waals surface area contributed by atoms with Crippen LogP contribution in [0.1, 0.15) is 32.1 Å². The number of rotatable bonds is 7. The van der Waals surface area contributed by atoms with Gasteiger partial charge < -0.3 is 15.1 Å². The fraction of sp³-hybridized carbons (Fsp3) is 0.625. The molecule has 0 aliphatic heterocycles. The van der Waals surface area contributed by atoms with Gasteiger partial charge >= 0.3 is 6.03 Å². The van der Waals surface area contributed by atoms with Crippen LogP contribution in [0.5, 0.6) is 0 Å². The standard InChI is InChI=1S/C16H27N3O2S/c1-6-14(15(20)18(4)5)17-16(21)19(10-12(2)3)11-13-8-7-9-22-13/h7-9,12,14H,6,10-11H2,1-5H3,(H,17,21)/t14-/m1/s1. The molecule has 6 heteroatoms. The lowest BCUT2D eigenvalue weighted by molar-refractivity contribution is -0.130. The van der Waals surface area contributed by atoms with Gasteiger partial charge in [0.25, 0.3) is 0 Å². The van der Waals surface area contributed by atoms with Gasteiger partial charge in [0.15, 0.2) is 0 Å². The number of likely N-dealkylation sites (N-methyl/N-ethyl adjacent to an activating group) is 1. The van der Waals surface area contributed by atoms with Crippen LogP contribution in [0.2, 0.25) is 0 Å². The van der Waals surface area contributed by atoms with E-state index in [4.69, 9.17) is 0 Å². The zero-order chi connectivity index (χ0) is 16.7. The third kappa shape index (κ3) is 5.67. The number of amides is 3. The second-order valence-electron chi connectivity index (χ2n) is 6.00. The minimum atomic E-state index is -0.472. The highest BCUT2D eigenvalue weighted by Gasteiger charge is 2.24. The number of nitrogens with one attached hydrogen (secondary N) is 1. The summed E-state index contributed by atoms with van der Waals surface area (Å²) in [5, 5.41) is 4.87. The number of carbonyl (C=O) groups excluding carboxylic acids is 2. The predicted molar refractivity (Wildman–Crippen MR) is 90.9 cm³/mol. The molecule has 5 nitrogen and oxygen atoms in total. The summed E-state index contributed by atoms with van der Waals surface area (Å²) in [4.78, 5) is 29.1. The second kappa shape index (κ2) is 8.78. The average molecular weight is 325 g/mol. The second-order valence-corrected chi connectivity index (χ2v) is 7.03. The summed E-state index contributed by atoms with van der Waals surface area (Å²) in [5.41, 5.74) is 0. The molecule has 1 heterocycles. The molecule has 1 N–H and O–H groups in total. The Balaban J connectivity index is 2.75. The maximum Gasteiger partial charge on any atom is 0.318 e. The SMILES string of the molecule is CC[C@@H](NC(=O)N(Cc1cccs1)CC(C)C)C(=O)N(C)C. The van der Waals surface area contributed by atoms with Gasteiger partial charge in [0, 0.05) is 25.5 Å². The summed E-state index contributed by atoms with van der Waals surface area (Å²) in [6, 6.07) is 3.35. The molecule has 0 bridgehead atoms. The van der Waals surface area contributed by atoms with Crippen LogP contribution in [0.3, 0.4) is 0 Å². The summed E-state index contributed by atoms with van der Waals surface area (Å²) < 4.78 is 0. The molecule has 0 spiro atoms. The van der Waals surface area contributed by atoms with Crippen molar-refractivity contribution < 1.29 is 9.59 Å². The van der Waals surface area contributed by atoms with Crippen molar-refractivity contribution in [3.8, 4) is 0 Å². The lowest BCUT2D eigenvalue weighted by Crippen LogP contribution is -2.51. The largest absolute Gasteiger partial charge is 0.347 e. The van der Waals surface area contributed by atoms with Crippen molar-refractivity contribution >= 4 is 23.3 Å². The van der Waals surface area contributed by atoms with Crippen molar-refractivity contribution in [3.05, 3.63) is 22.4 Å². The van der Waals surface area contributed by atoms with Crippen molar-refractivity contribution in [1.82, 2.24) is 15.1 Å². The van der Waals surface area contributed by atoms with E-state index >= 15 is 0 Å². The summed E-state index contributed by atoms with van der Waals surface area (Å²) in [7, 11) is 3.41. The summed E-state index contributed by atoms with van der Waals surface area (Å²) in [6.07, 6.45) is 0.581. The van der Waals surface area contributed by atoms with E-state index in [0.717, 1.165) is 4.88 Å². The number of thiophene rings is 1. The molecule has 1 aromatic rings. The van der Waals surface area contributed by atoms with E-state index in [9.17, 15) is 9.59 Å². The first kappa shape index (κ1) is 18.5. The average Bonchev–Trinajstić information content (AvgIpc) is 2.95. The van der Waals surface area contributed by atoms with E-state index in [1.54, 1.807) is 30.3 Å². The Hall–Kier alpha value is -1.56. The molecule has 0 aromatic carbocycles. The molecule has 0 saturated heterocycles. The van der Waals surface area contributed by atoms with Gasteiger partial charge in [-0.15, -0.1) is 11.3 Å². The van der Waals surface area contributed by atoms with Gasteiger partial charge in [-0.1, -0.05) is 26.8 Å². The Morgan fingerprint density at radius 2 is 2.00 bits per heavy atom. The van der Waals surface area contributed by atoms with E-state index < -0.39 is 6.04 Å². The Kier molecular flexibility index (Phi) is 7.38. The minimum absolute atomic E-state index is 0.0727. The van der Waals surface area contributed by atoms with E-state index in [-0.39, 0.29) is 11.9 Å². The molecule has 3 amide bonds. The fourth-order valence-corrected chi connectivity index (χ4v) is 2.86. The van der Waals surface area contributed by atoms with Crippen LogP contribution in [0.4, 0.5) is 4.79 Å². The van der Waals surface area contributed by atoms with Crippen molar-refractivity contribution in [2.75, 3.05) is 20.6 Å². The molecule has 1 aromatic heterocycles. The number of carbonyl (C=O) groups is 2. The molecule has 22 heavy (non-hydrogen) atoms. The third-order valence-electron chi connectivity index (χ3n) is 3.24. The molecule has 0 fully saturated rings. The number of hydrogen-bond donors (Lipinski definition) is 1. The maximum atomic E-state index is 12.6. The minimum Gasteiger partial charge on any atom is -0.347 e. The third-order valence-corrected chi connectivity index (χ3v) is 4.11. The van der Waals surface area contributed by atoms with Crippen LogP contribution >= 0.6 is 11.3 Å². The van der Waals surface area contributed by atoms with E-state index in [0.29, 0.717) is 25.4 Å². The molecule has 1 rings (SSSR count). The molecular formula is C16H27N3O2S. The quantitative estimate of drug-likeness (QED) is 0.838. The van der Waals surface area contributed by atoms with Crippen molar-refractivity contribution in [2.45, 2.75) is 39.8 Å². The molecule has 1 atom stereocenters. The first-order chi connectivity index (χ1) is 10.3. The Morgan fingerprint density at radius 3 is 2.45 bits per heavy atom. The first-order valence-electron chi connectivity index (χ1n) is 7.64. The van der Waals surface area contributed by atoms with Crippen LogP contribution in [-0.2, 0) is 11.3 Å². The number of urea groups is 1. The first-order valence-corrected chi connectivity index (χ1v) is 8.52. The Bertz CT molecular complexity index is 472. The van der Waals surface area contributed by atoms with Crippen LogP contribution < -0.4 is 5.32 Å². The van der Waals surface area contributed by atoms with Gasteiger partial charge in [0.2, 0.25) is 5.91 Å². The molecule has 0 unspecified atom stereocenters. The maximum absolute atomic E-state index is 12.6. The molecule has 0 saturated carbocycles. The molecular weight excluding hydrogens is 298 g/mol. The van der Waals surface area contributed by atoms with Gasteiger partial charge in [0.05, 0.1) is 6.54 Å². The molecule has 124 valence electrons. The smallest absolute Gasteiger partial charge is 0.318 e. The van der Waals surface area contributed by atoms with Gasteiger partial charge in [-0.05, 0) is 23.8 Å². The summed E-state index contributed by atoms with van der Waals surface area (Å²) in [6.45, 7) is 7.30. The van der Waals surface area contributed by atoms with Crippen molar-refractivity contribution in [3.63, 3.8) is 0 Å². The number of nitrogens with zero attached hydrogens (tertiary/aromatic N) is 2. The van der Waals surface area contributed by atoms with Crippen LogP contribution in [0.15, 0.2) is 17.5 Å². The molecule has 0 aliphatic carbocycles. The Labute approximate surface area is 137 Å². The highest BCUT2D eigenvalue weighted by atomic mass is 32.1. The highest BCUT2D eigenvalue weighted by Crippen LogP contribution is 2.13. The number of hydrogen-bond acceptors (Lipinski definition) is 3. The lowest BCUT2D eigenvalue weighted by Gasteiger charge is -2.28. The molecule has 0 aliphatic rings. The van der Waals surface area contributed by atoms with Gasteiger partial charge in [-0.3, -0.25) is 4.79 Å². The van der Waals surface area contributed by atoms with Gasteiger partial charge in [-0.25, -0.2) is 4.79 Å². The Morgan fingerprint density at radius 1 is 1.32 bits per heavy atom. The topological polar surface area (TPSA) is 52.7 Å². The zero-order valence-corrected chi connectivity index (χ0v) is 14.9. The monoisotopic (exact) mass is 325 g/mol. The normalized spacial score (nSPS) is 12.1. The lowest BCUT2D eigenvalue weighted by atomic mass is 10.2. The van der Waals surface area contributed by atoms with Gasteiger partial charge in [-0.2, -0.15) is 0 Å². The van der Waals surface area contributed by atoms with Crippen LogP contribution in [0.25, 0.3) is 0 Å². The van der Waals surface area contributed by atoms with E-state index in [2.05, 4.69) is 19.2 Å². The predicted octanol–water partition coefficient (Wildman–Crippen LogP) is 2.78. The summed E-state index contributed by atoms with van der Waals surface area (Å²) >= 11 is 1.63. The van der Waals surface area contributed by atoms with E-state index in [1.165, 1.54) is 4.90 Å². The highest BCUT2D eigenvalue weighted by molar-refractivity contribution is 7.09. The van der Waals surface area contributed by atoms with Gasteiger partial charge in [0.1, 0.15) is 6.04 Å². The van der Waals surface area contributed by atoms with E-state index in [1.807, 2.05) is 24.4 Å². The van der Waals surface area contributed by atoms with Crippen LogP contribution in [0, 0.1) is 5.92 Å². The van der Waals surface area contributed by atoms with Crippen LogP contribution in [-0.4, -0.2) is 48.4 Å². The zero-order valence-electron chi connectivity index (χ0n) is 14.1. The van der Waals surface area contributed by atoms with Crippen molar-refractivity contribution in [2.24, 2.45) is 5.92 Å². The molecule has 0 radical (unpaired) electrons. The summed E-state index contributed by atoms with van der Waals surface area (Å²) in [5.74, 6) is 0.298.